The summed E-state index contributed by atoms with van der Waals surface area (Å²) in [5.74, 6) is 6.64. The van der Waals surface area contributed by atoms with E-state index in [2.05, 4.69) is 60.4 Å². The number of halogens is 6. The quantitative estimate of drug-likeness (QED) is 0.0901. The average molecular weight is 627 g/mol. The summed E-state index contributed by atoms with van der Waals surface area (Å²) < 4.78 is 0. The molecule has 0 aromatic heterocycles. The Morgan fingerprint density at radius 3 is 1.23 bits per heavy atom. The summed E-state index contributed by atoms with van der Waals surface area (Å²) in [7, 11) is 25.0. The van der Waals surface area contributed by atoms with Crippen molar-refractivity contribution in [2.75, 3.05) is 0 Å². The van der Waals surface area contributed by atoms with E-state index in [1.165, 1.54) is 22.3 Å². The van der Waals surface area contributed by atoms with Crippen molar-refractivity contribution in [3.05, 3.63) is 102 Å². The molecule has 0 saturated carbocycles. The Bertz CT molecular complexity index is 1090. The van der Waals surface area contributed by atoms with Gasteiger partial charge in [-0.2, -0.15) is 0 Å². The fourth-order valence-corrected chi connectivity index (χ4v) is 2.76. The van der Waals surface area contributed by atoms with E-state index in [9.17, 15) is 0 Å². The molecule has 0 aliphatic rings. The van der Waals surface area contributed by atoms with Gasteiger partial charge in [-0.15, -0.1) is 0 Å². The predicted octanol–water partition coefficient (Wildman–Crippen LogP) is 9.33. The molecule has 4 rings (SSSR count). The van der Waals surface area contributed by atoms with Crippen molar-refractivity contribution >= 4 is 62.1 Å². The summed E-state index contributed by atoms with van der Waals surface area (Å²) in [4.78, 5) is 0. The average Bonchev–Trinajstić information content (AvgIpc) is 3.40. The third-order valence-electron chi connectivity index (χ3n) is 3.92. The van der Waals surface area contributed by atoms with Gasteiger partial charge in [-0.05, 0) is 36.4 Å². The zero-order chi connectivity index (χ0) is 21.9. The van der Waals surface area contributed by atoms with E-state index < -0.39 is 9.14 Å². The van der Waals surface area contributed by atoms with Gasteiger partial charge in [-0.1, -0.05) is 54.6 Å². The zero-order valence-corrected chi connectivity index (χ0v) is 22.5. The number of hydrogen-bond donors (Lipinski definition) is 0. The molecule has 0 aliphatic heterocycles. The summed E-state index contributed by atoms with van der Waals surface area (Å²) >= 11 is 0. The summed E-state index contributed by atoms with van der Waals surface area (Å²) in [5.41, 5.74) is 7.24. The van der Waals surface area contributed by atoms with Crippen LogP contribution in [0.25, 0.3) is 22.3 Å². The first kappa shape index (κ1) is 24.0. The van der Waals surface area contributed by atoms with Crippen molar-refractivity contribution < 1.29 is 0 Å². The van der Waals surface area contributed by atoms with Crippen molar-refractivity contribution in [3.63, 3.8) is 0 Å². The van der Waals surface area contributed by atoms with Crippen LogP contribution in [-0.4, -0.2) is 9.14 Å². The third-order valence-corrected chi connectivity index (χ3v) is 3.92. The first-order valence-corrected chi connectivity index (χ1v) is 28.1. The van der Waals surface area contributed by atoms with Crippen LogP contribution >= 0.6 is 53.0 Å². The normalized spacial score (nSPS) is 13.3. The molecule has 4 aromatic carbocycles. The van der Waals surface area contributed by atoms with Crippen LogP contribution in [0.4, 0.5) is 0 Å². The van der Waals surface area contributed by atoms with E-state index in [1.807, 2.05) is 42.5 Å². The van der Waals surface area contributed by atoms with E-state index in [1.54, 1.807) is 0 Å². The van der Waals surface area contributed by atoms with E-state index in [0.29, 0.717) is 0 Å². The molecule has 0 saturated heterocycles. The van der Waals surface area contributed by atoms with Gasteiger partial charge >= 0.3 is 62.1 Å². The van der Waals surface area contributed by atoms with Gasteiger partial charge in [0.25, 0.3) is 0 Å². The second-order valence-electron chi connectivity index (χ2n) is 6.43. The van der Waals surface area contributed by atoms with Crippen molar-refractivity contribution in [2.24, 2.45) is 0 Å². The predicted molar refractivity (Wildman–Crippen MR) is 137 cm³/mol. The third kappa shape index (κ3) is 8.86. The Labute approximate surface area is 196 Å². The molecule has 0 bridgehead atoms. The van der Waals surface area contributed by atoms with Gasteiger partial charge in [0.05, 0.1) is 16.7 Å². The molecule has 0 nitrogen and oxygen atoms in total. The molecule has 0 radical (unpaired) electrons. The van der Waals surface area contributed by atoms with Crippen LogP contribution in [0, 0.1) is 11.8 Å². The molecule has 30 heavy (non-hydrogen) atoms. The molecule has 0 heterocycles. The van der Waals surface area contributed by atoms with E-state index in [4.69, 9.17) is 53.0 Å². The monoisotopic (exact) mass is 623 g/mol. The summed E-state index contributed by atoms with van der Waals surface area (Å²) in [6, 6.07) is 31.1. The van der Waals surface area contributed by atoms with E-state index in [-0.39, 0.29) is 0 Å². The van der Waals surface area contributed by atoms with Gasteiger partial charge < -0.3 is 0 Å². The Morgan fingerprint density at radius 1 is 0.533 bits per heavy atom. The molecule has 0 atom stereocenters. The van der Waals surface area contributed by atoms with Gasteiger partial charge in [0, 0.05) is 11.8 Å². The molecule has 0 aliphatic carbocycles. The van der Waals surface area contributed by atoms with Crippen molar-refractivity contribution in [1.82, 2.24) is 0 Å². The fraction of sp³-hybridized carbons (Fsp3) is 0. The SMILES string of the molecule is C(#[13C]c1ccccc1)[c+]1c(-c2ccccc2)c1-c1ccccc1.[Cl][Sb-]([Cl])([Cl])([Cl])([Cl])[Cl]. The Kier molecular flexibility index (Phi) is 7.00. The minimum absolute atomic E-state index is 1.05. The Balaban J connectivity index is 0.000000318. The fourth-order valence-electron chi connectivity index (χ4n) is 2.76. The molecular formula is C23H15Cl6Sb. The molecule has 0 spiro atoms. The molecule has 0 unspecified atom stereocenters. The first-order chi connectivity index (χ1) is 13.9. The molecule has 4 aromatic rings. The summed E-state index contributed by atoms with van der Waals surface area (Å²) in [5, 5.41) is 0. The van der Waals surface area contributed by atoms with Gasteiger partial charge in [-0.25, -0.2) is 0 Å². The number of benzene rings is 3. The zero-order valence-electron chi connectivity index (χ0n) is 15.4. The van der Waals surface area contributed by atoms with Crippen molar-refractivity contribution in [2.45, 2.75) is 0 Å². The summed E-state index contributed by atoms with van der Waals surface area (Å²) in [6.07, 6.45) is 0. The second kappa shape index (κ2) is 8.73. The Morgan fingerprint density at radius 2 is 0.867 bits per heavy atom. The number of rotatable bonds is 2. The molecule has 154 valence electrons. The molecule has 0 N–H and O–H groups in total. The maximum absolute atomic E-state index is 5.42. The molecule has 0 fully saturated rings. The number of hydrogen-bond acceptors (Lipinski definition) is 0. The van der Waals surface area contributed by atoms with Crippen LogP contribution < -0.4 is 0 Å². The van der Waals surface area contributed by atoms with Gasteiger partial charge in [0.2, 0.25) is 0 Å². The Hall–Kier alpha value is -0.612. The standard InChI is InChI=1S/C23H15.6ClH.Sb/c1-4-10-18(11-5-1)16-17-21-22(19-12-6-2-7-13-19)23(21)20-14-8-3-9-15-20;;;;;;;/h1-15H;6*1H;/q+1;;;;;;;+5/p-6/i16+1;;;;;;;. The van der Waals surface area contributed by atoms with Crippen molar-refractivity contribution in [1.29, 1.82) is 0 Å². The van der Waals surface area contributed by atoms with Crippen LogP contribution in [0.2, 0.25) is 0 Å². The topological polar surface area (TPSA) is 0 Å². The summed E-state index contributed by atoms with van der Waals surface area (Å²) in [6.45, 7) is 0. The van der Waals surface area contributed by atoms with Crippen LogP contribution in [0.1, 0.15) is 11.1 Å². The van der Waals surface area contributed by atoms with Gasteiger partial charge in [-0.3, -0.25) is 0 Å². The van der Waals surface area contributed by atoms with E-state index in [0.717, 1.165) is 11.1 Å². The molecule has 0 amide bonds. The second-order valence-corrected chi connectivity index (χ2v) is 63.3. The van der Waals surface area contributed by atoms with Crippen molar-refractivity contribution in [3.8, 4) is 34.1 Å². The first-order valence-electron chi connectivity index (χ1n) is 8.75. The van der Waals surface area contributed by atoms with Crippen LogP contribution in [0.3, 0.4) is 0 Å². The van der Waals surface area contributed by atoms with Gasteiger partial charge in [0.1, 0.15) is 11.1 Å². The van der Waals surface area contributed by atoms with Crippen LogP contribution in [0.15, 0.2) is 91.0 Å². The molecular weight excluding hydrogens is 612 g/mol. The molecule has 7 heteroatoms. The maximum atomic E-state index is 5.06. The van der Waals surface area contributed by atoms with Gasteiger partial charge in [0.15, 0.2) is 5.56 Å². The van der Waals surface area contributed by atoms with Crippen LogP contribution in [-0.2, 0) is 0 Å². The van der Waals surface area contributed by atoms with E-state index >= 15 is 0 Å². The van der Waals surface area contributed by atoms with Crippen LogP contribution in [0.5, 0.6) is 0 Å². The minimum atomic E-state index is -5.42.